The molecule has 182 valence electrons. The van der Waals surface area contributed by atoms with E-state index in [0.717, 1.165) is 22.3 Å². The number of anilines is 1. The fourth-order valence-electron chi connectivity index (χ4n) is 4.37. The van der Waals surface area contributed by atoms with Crippen LogP contribution in [-0.4, -0.2) is 46.0 Å². The van der Waals surface area contributed by atoms with E-state index in [1.165, 1.54) is 10.9 Å². The van der Waals surface area contributed by atoms with Crippen LogP contribution in [0, 0.1) is 5.41 Å². The zero-order valence-corrected chi connectivity index (χ0v) is 19.9. The van der Waals surface area contributed by atoms with E-state index in [1.54, 1.807) is 20.9 Å². The largest absolute Gasteiger partial charge is 0.481 e. The molecular weight excluding hydrogens is 448 g/mol. The molecule has 0 aliphatic heterocycles. The molecule has 1 aromatic heterocycles. The number of carbonyl (C=O) groups excluding carboxylic acids is 2. The lowest BCUT2D eigenvalue weighted by molar-refractivity contribution is -0.139. The number of fused-ring (bicyclic) bond motifs is 3. The molecule has 0 saturated carbocycles. The molecule has 9 nitrogen and oxygen atoms in total. The van der Waals surface area contributed by atoms with Crippen molar-refractivity contribution >= 4 is 23.7 Å². The van der Waals surface area contributed by atoms with Gasteiger partial charge in [0.15, 0.2) is 5.69 Å². The highest BCUT2D eigenvalue weighted by Gasteiger charge is 2.29. The van der Waals surface area contributed by atoms with Crippen LogP contribution in [0.3, 0.4) is 0 Å². The van der Waals surface area contributed by atoms with Gasteiger partial charge in [-0.3, -0.25) is 19.6 Å². The molecule has 0 fully saturated rings. The Morgan fingerprint density at radius 3 is 2.26 bits per heavy atom. The number of carbonyl (C=O) groups is 3. The minimum Gasteiger partial charge on any atom is -0.481 e. The zero-order valence-electron chi connectivity index (χ0n) is 19.9. The normalized spacial score (nSPS) is 12.5. The van der Waals surface area contributed by atoms with E-state index in [9.17, 15) is 14.4 Å². The molecule has 0 atom stereocenters. The summed E-state index contributed by atoms with van der Waals surface area (Å²) in [5.74, 6) is -1.54. The number of aliphatic carboxylic acids is 1. The van der Waals surface area contributed by atoms with E-state index in [2.05, 4.69) is 27.9 Å². The Morgan fingerprint density at radius 1 is 1.06 bits per heavy atom. The summed E-state index contributed by atoms with van der Waals surface area (Å²) in [7, 11) is 1.63. The van der Waals surface area contributed by atoms with Crippen molar-refractivity contribution in [2.75, 3.05) is 18.5 Å². The van der Waals surface area contributed by atoms with Crippen molar-refractivity contribution in [2.45, 2.75) is 26.2 Å². The quantitative estimate of drug-likeness (QED) is 0.451. The van der Waals surface area contributed by atoms with Gasteiger partial charge in [-0.15, -0.1) is 0 Å². The predicted molar refractivity (Wildman–Crippen MR) is 130 cm³/mol. The van der Waals surface area contributed by atoms with Gasteiger partial charge in [-0.1, -0.05) is 62.4 Å². The summed E-state index contributed by atoms with van der Waals surface area (Å²) in [4.78, 5) is 36.4. The molecule has 0 unspecified atom stereocenters. The molecule has 1 heterocycles. The van der Waals surface area contributed by atoms with Crippen molar-refractivity contribution in [3.8, 4) is 11.1 Å². The Labute approximate surface area is 203 Å². The highest BCUT2D eigenvalue weighted by atomic mass is 16.5. The summed E-state index contributed by atoms with van der Waals surface area (Å²) < 4.78 is 6.97. The maximum Gasteiger partial charge on any atom is 0.411 e. The van der Waals surface area contributed by atoms with Gasteiger partial charge >= 0.3 is 12.1 Å². The average Bonchev–Trinajstić information content (AvgIpc) is 3.32. The van der Waals surface area contributed by atoms with Crippen LogP contribution in [0.15, 0.2) is 54.7 Å². The maximum absolute atomic E-state index is 12.7. The summed E-state index contributed by atoms with van der Waals surface area (Å²) in [5, 5.41) is 18.5. The zero-order chi connectivity index (χ0) is 25.2. The van der Waals surface area contributed by atoms with Gasteiger partial charge in [-0.05, 0) is 27.7 Å². The van der Waals surface area contributed by atoms with Crippen molar-refractivity contribution in [3.63, 3.8) is 0 Å². The van der Waals surface area contributed by atoms with Crippen LogP contribution in [-0.2, 0) is 16.6 Å². The maximum atomic E-state index is 12.7. The summed E-state index contributed by atoms with van der Waals surface area (Å²) in [6, 6.07) is 16.1. The van der Waals surface area contributed by atoms with Gasteiger partial charge in [0.25, 0.3) is 5.91 Å². The van der Waals surface area contributed by atoms with Crippen molar-refractivity contribution in [1.29, 1.82) is 0 Å². The molecule has 3 N–H and O–H groups in total. The molecule has 35 heavy (non-hydrogen) atoms. The average molecular weight is 477 g/mol. The lowest BCUT2D eigenvalue weighted by atomic mass is 9.89. The first-order chi connectivity index (χ1) is 16.6. The highest BCUT2D eigenvalue weighted by molar-refractivity contribution is 6.01. The Kier molecular flexibility index (Phi) is 6.59. The summed E-state index contributed by atoms with van der Waals surface area (Å²) in [6.07, 6.45) is 0.721. The van der Waals surface area contributed by atoms with E-state index in [0.29, 0.717) is 0 Å². The highest BCUT2D eigenvalue weighted by Crippen LogP contribution is 2.44. The number of amides is 2. The number of hydrogen-bond acceptors (Lipinski definition) is 5. The van der Waals surface area contributed by atoms with Crippen molar-refractivity contribution in [1.82, 2.24) is 15.1 Å². The van der Waals surface area contributed by atoms with Crippen molar-refractivity contribution < 1.29 is 24.2 Å². The molecular formula is C26H28N4O5. The number of ether oxygens (including phenoxy) is 1. The Bertz CT molecular complexity index is 1230. The number of hydrogen-bond donors (Lipinski definition) is 3. The topological polar surface area (TPSA) is 123 Å². The molecule has 0 radical (unpaired) electrons. The number of carboxylic acid groups (broad SMARTS) is 1. The smallest absolute Gasteiger partial charge is 0.411 e. The Hall–Kier alpha value is -4.14. The lowest BCUT2D eigenvalue weighted by Crippen LogP contribution is -2.36. The Morgan fingerprint density at radius 2 is 1.66 bits per heavy atom. The van der Waals surface area contributed by atoms with Crippen LogP contribution in [0.1, 0.15) is 47.8 Å². The third-order valence-corrected chi connectivity index (χ3v) is 5.98. The second-order valence-electron chi connectivity index (χ2n) is 9.43. The van der Waals surface area contributed by atoms with Gasteiger partial charge in [-0.2, -0.15) is 5.10 Å². The van der Waals surface area contributed by atoms with Crippen LogP contribution < -0.4 is 10.6 Å². The van der Waals surface area contributed by atoms with E-state index in [4.69, 9.17) is 9.84 Å². The molecule has 0 bridgehead atoms. The number of nitrogens with one attached hydrogen (secondary N) is 2. The SMILES string of the molecule is Cn1cc(NC(=O)OCC2c3ccccc3-c3ccccc32)c(C(=O)NCC(C)(C)CC(=O)O)n1. The number of benzene rings is 2. The van der Waals surface area contributed by atoms with Crippen LogP contribution in [0.2, 0.25) is 0 Å². The van der Waals surface area contributed by atoms with Gasteiger partial charge in [-0.25, -0.2) is 4.79 Å². The van der Waals surface area contributed by atoms with Crippen LogP contribution in [0.4, 0.5) is 10.5 Å². The van der Waals surface area contributed by atoms with Gasteiger partial charge in [0.05, 0.1) is 12.1 Å². The van der Waals surface area contributed by atoms with E-state index < -0.39 is 23.4 Å². The van der Waals surface area contributed by atoms with Gasteiger partial charge in [0.1, 0.15) is 6.61 Å². The summed E-state index contributed by atoms with van der Waals surface area (Å²) in [6.45, 7) is 3.77. The number of aromatic nitrogens is 2. The summed E-state index contributed by atoms with van der Waals surface area (Å²) in [5.41, 5.74) is 4.06. The van der Waals surface area contributed by atoms with Crippen LogP contribution in [0.5, 0.6) is 0 Å². The Balaban J connectivity index is 1.41. The lowest BCUT2D eigenvalue weighted by Gasteiger charge is -2.22. The molecule has 2 amide bonds. The fraction of sp³-hybridized carbons (Fsp3) is 0.308. The van der Waals surface area contributed by atoms with Gasteiger partial charge in [0, 0.05) is 25.7 Å². The molecule has 1 aliphatic rings. The molecule has 4 rings (SSSR count). The van der Waals surface area contributed by atoms with Crippen LogP contribution in [0.25, 0.3) is 11.1 Å². The molecule has 3 aromatic rings. The second kappa shape index (κ2) is 9.61. The predicted octanol–water partition coefficient (Wildman–Crippen LogP) is 4.01. The van der Waals surface area contributed by atoms with Crippen LogP contribution >= 0.6 is 0 Å². The first-order valence-corrected chi connectivity index (χ1v) is 11.3. The monoisotopic (exact) mass is 476 g/mol. The van der Waals surface area contributed by atoms with Crippen molar-refractivity contribution in [2.24, 2.45) is 12.5 Å². The van der Waals surface area contributed by atoms with Gasteiger partial charge < -0.3 is 15.2 Å². The minimum atomic E-state index is -0.945. The number of nitrogens with zero attached hydrogens (tertiary/aromatic N) is 2. The standard InChI is InChI=1S/C26H28N4O5/c1-26(2,12-22(31)32)15-27-24(33)23-21(13-30(3)29-23)28-25(34)35-14-20-18-10-6-4-8-16(18)17-9-5-7-11-19(17)20/h4-11,13,20H,12,14-15H2,1-3H3,(H,27,33)(H,28,34)(H,31,32). The molecule has 0 saturated heterocycles. The molecule has 0 spiro atoms. The first kappa shape index (κ1) is 24.0. The fourth-order valence-corrected chi connectivity index (χ4v) is 4.37. The minimum absolute atomic E-state index is 0.0205. The number of rotatable bonds is 8. The van der Waals surface area contributed by atoms with E-state index >= 15 is 0 Å². The first-order valence-electron chi connectivity index (χ1n) is 11.3. The number of carboxylic acids is 1. The van der Waals surface area contributed by atoms with Gasteiger partial charge in [0.2, 0.25) is 0 Å². The van der Waals surface area contributed by atoms with E-state index in [-0.39, 0.29) is 36.9 Å². The molecule has 2 aromatic carbocycles. The van der Waals surface area contributed by atoms with E-state index in [1.807, 2.05) is 36.4 Å². The van der Waals surface area contributed by atoms with Crippen molar-refractivity contribution in [3.05, 3.63) is 71.5 Å². The number of aryl methyl sites for hydroxylation is 1. The third kappa shape index (κ3) is 5.34. The third-order valence-electron chi connectivity index (χ3n) is 5.98. The molecule has 9 heteroatoms. The molecule has 1 aliphatic carbocycles. The second-order valence-corrected chi connectivity index (χ2v) is 9.43. The summed E-state index contributed by atoms with van der Waals surface area (Å²) >= 11 is 0.